The number of amides is 1. The van der Waals surface area contributed by atoms with Gasteiger partial charge in [-0.3, -0.25) is 9.48 Å². The van der Waals surface area contributed by atoms with E-state index in [1.165, 1.54) is 6.20 Å². The van der Waals surface area contributed by atoms with E-state index in [4.69, 9.17) is 5.11 Å². The zero-order valence-electron chi connectivity index (χ0n) is 14.7. The summed E-state index contributed by atoms with van der Waals surface area (Å²) in [5.41, 5.74) is 0.410. The Morgan fingerprint density at radius 3 is 2.52 bits per heavy atom. The zero-order chi connectivity index (χ0) is 18.2. The second-order valence-corrected chi connectivity index (χ2v) is 7.97. The molecule has 1 aliphatic heterocycles. The fourth-order valence-corrected chi connectivity index (χ4v) is 4.29. The van der Waals surface area contributed by atoms with Crippen LogP contribution in [0.4, 0.5) is 0 Å². The van der Waals surface area contributed by atoms with Crippen molar-refractivity contribution in [3.63, 3.8) is 0 Å². The van der Waals surface area contributed by atoms with Gasteiger partial charge in [0.15, 0.2) is 0 Å². The highest BCUT2D eigenvalue weighted by molar-refractivity contribution is 7.10. The smallest absolute Gasteiger partial charge is 0.339 e. The lowest BCUT2D eigenvalue weighted by Crippen LogP contribution is -2.47. The largest absolute Gasteiger partial charge is 0.478 e. The van der Waals surface area contributed by atoms with Crippen molar-refractivity contribution in [1.29, 1.82) is 0 Å². The first-order valence-corrected chi connectivity index (χ1v) is 9.31. The van der Waals surface area contributed by atoms with Crippen LogP contribution in [0.2, 0.25) is 0 Å². The van der Waals surface area contributed by atoms with Crippen LogP contribution < -0.4 is 0 Å². The number of carbonyl (C=O) groups excluding carboxylic acids is 1. The summed E-state index contributed by atoms with van der Waals surface area (Å²) in [4.78, 5) is 27.1. The second-order valence-electron chi connectivity index (χ2n) is 7.02. The Bertz CT molecular complexity index is 772. The average molecular weight is 361 g/mol. The SMILES string of the molecule is Cc1c(C(=O)O)cnn1C1CCN(C(=O)C(C)(C)c2cccs2)CC1. The molecule has 0 unspecified atom stereocenters. The molecule has 0 bridgehead atoms. The lowest BCUT2D eigenvalue weighted by Gasteiger charge is -2.37. The van der Waals surface area contributed by atoms with Gasteiger partial charge >= 0.3 is 5.97 Å². The summed E-state index contributed by atoms with van der Waals surface area (Å²) in [6.07, 6.45) is 2.98. The standard InChI is InChI=1S/C18H23N3O3S/c1-12-14(16(22)23)11-19-21(12)13-6-8-20(9-7-13)17(24)18(2,3)15-5-4-10-25-15/h4-5,10-11,13H,6-9H2,1-3H3,(H,22,23). The fourth-order valence-electron chi connectivity index (χ4n) is 3.45. The van der Waals surface area contributed by atoms with E-state index in [9.17, 15) is 9.59 Å². The van der Waals surface area contributed by atoms with Crippen molar-refractivity contribution >= 4 is 23.2 Å². The first kappa shape index (κ1) is 17.7. The molecule has 2 aromatic rings. The van der Waals surface area contributed by atoms with E-state index in [2.05, 4.69) is 5.10 Å². The van der Waals surface area contributed by atoms with Crippen molar-refractivity contribution in [3.8, 4) is 0 Å². The van der Waals surface area contributed by atoms with Crippen molar-refractivity contribution in [2.75, 3.05) is 13.1 Å². The summed E-state index contributed by atoms with van der Waals surface area (Å²) in [5.74, 6) is -0.800. The van der Waals surface area contributed by atoms with E-state index in [1.54, 1.807) is 22.9 Å². The number of aromatic carboxylic acids is 1. The topological polar surface area (TPSA) is 75.4 Å². The molecule has 2 aromatic heterocycles. The van der Waals surface area contributed by atoms with Gasteiger partial charge in [-0.25, -0.2) is 4.79 Å². The molecule has 25 heavy (non-hydrogen) atoms. The molecular weight excluding hydrogens is 338 g/mol. The molecule has 1 N–H and O–H groups in total. The van der Waals surface area contributed by atoms with Crippen LogP contribution in [0.25, 0.3) is 0 Å². The number of piperidine rings is 1. The van der Waals surface area contributed by atoms with E-state index in [0.29, 0.717) is 18.8 Å². The maximum atomic E-state index is 13.0. The summed E-state index contributed by atoms with van der Waals surface area (Å²) in [6.45, 7) is 7.07. The van der Waals surface area contributed by atoms with Crippen molar-refractivity contribution in [3.05, 3.63) is 39.8 Å². The molecule has 0 atom stereocenters. The third kappa shape index (κ3) is 3.20. The van der Waals surface area contributed by atoms with Crippen LogP contribution >= 0.6 is 11.3 Å². The molecule has 6 nitrogen and oxygen atoms in total. The molecule has 134 valence electrons. The maximum Gasteiger partial charge on any atom is 0.339 e. The van der Waals surface area contributed by atoms with Crippen LogP contribution in [0.5, 0.6) is 0 Å². The third-order valence-corrected chi connectivity index (χ3v) is 6.24. The molecule has 0 spiro atoms. The molecule has 0 radical (unpaired) electrons. The minimum absolute atomic E-state index is 0.141. The van der Waals surface area contributed by atoms with Crippen LogP contribution in [-0.2, 0) is 10.2 Å². The van der Waals surface area contributed by atoms with Crippen molar-refractivity contribution in [2.45, 2.75) is 45.1 Å². The highest BCUT2D eigenvalue weighted by atomic mass is 32.1. The Hall–Kier alpha value is -2.15. The number of likely N-dealkylation sites (tertiary alicyclic amines) is 1. The Kier molecular flexibility index (Phi) is 4.69. The average Bonchev–Trinajstić information content (AvgIpc) is 3.24. The molecule has 1 amide bonds. The predicted octanol–water partition coefficient (Wildman–Crippen LogP) is 3.09. The fraction of sp³-hybridized carbons (Fsp3) is 0.500. The van der Waals surface area contributed by atoms with E-state index in [1.807, 2.05) is 36.3 Å². The van der Waals surface area contributed by atoms with Crippen LogP contribution in [0.3, 0.4) is 0 Å². The molecule has 3 rings (SSSR count). The van der Waals surface area contributed by atoms with Crippen LogP contribution in [0.15, 0.2) is 23.7 Å². The minimum Gasteiger partial charge on any atom is -0.478 e. The number of hydrogen-bond acceptors (Lipinski definition) is 4. The number of carboxylic acids is 1. The van der Waals surface area contributed by atoms with Crippen LogP contribution in [0.1, 0.15) is 53.7 Å². The van der Waals surface area contributed by atoms with Crippen molar-refractivity contribution < 1.29 is 14.7 Å². The number of carbonyl (C=O) groups is 2. The van der Waals surface area contributed by atoms with Crippen LogP contribution in [0, 0.1) is 6.92 Å². The minimum atomic E-state index is -0.950. The van der Waals surface area contributed by atoms with Gasteiger partial charge in [-0.15, -0.1) is 11.3 Å². The molecule has 0 aliphatic carbocycles. The van der Waals surface area contributed by atoms with E-state index < -0.39 is 11.4 Å². The van der Waals surface area contributed by atoms with E-state index in [-0.39, 0.29) is 17.5 Å². The van der Waals surface area contributed by atoms with Crippen molar-refractivity contribution in [1.82, 2.24) is 14.7 Å². The summed E-state index contributed by atoms with van der Waals surface area (Å²) >= 11 is 1.61. The molecule has 1 aliphatic rings. The van der Waals surface area contributed by atoms with Gasteiger partial charge in [-0.2, -0.15) is 5.10 Å². The van der Waals surface area contributed by atoms with Crippen molar-refractivity contribution in [2.24, 2.45) is 0 Å². The lowest BCUT2D eigenvalue weighted by atomic mass is 9.88. The summed E-state index contributed by atoms with van der Waals surface area (Å²) in [6, 6.07) is 4.12. The van der Waals surface area contributed by atoms with Gasteiger partial charge in [0, 0.05) is 18.0 Å². The Labute approximate surface area is 151 Å². The molecule has 0 aromatic carbocycles. The van der Waals surface area contributed by atoms with Gasteiger partial charge in [0.2, 0.25) is 5.91 Å². The Balaban J connectivity index is 1.68. The molecular formula is C18H23N3O3S. The molecule has 1 saturated heterocycles. The van der Waals surface area contributed by atoms with Gasteiger partial charge in [0.05, 0.1) is 23.3 Å². The van der Waals surface area contributed by atoms with Gasteiger partial charge in [-0.1, -0.05) is 6.07 Å². The summed E-state index contributed by atoms with van der Waals surface area (Å²) in [7, 11) is 0. The zero-order valence-corrected chi connectivity index (χ0v) is 15.5. The monoisotopic (exact) mass is 361 g/mol. The number of aromatic nitrogens is 2. The van der Waals surface area contributed by atoms with E-state index in [0.717, 1.165) is 17.7 Å². The number of carboxylic acid groups (broad SMARTS) is 1. The van der Waals surface area contributed by atoms with Crippen LogP contribution in [-0.4, -0.2) is 44.8 Å². The Morgan fingerprint density at radius 1 is 1.32 bits per heavy atom. The highest BCUT2D eigenvalue weighted by Gasteiger charge is 2.36. The normalized spacial score (nSPS) is 16.2. The third-order valence-electron chi connectivity index (χ3n) is 5.04. The number of thiophene rings is 1. The molecule has 3 heterocycles. The molecule has 0 saturated carbocycles. The number of rotatable bonds is 4. The van der Waals surface area contributed by atoms with Gasteiger partial charge < -0.3 is 10.0 Å². The predicted molar refractivity (Wildman–Crippen MR) is 96.1 cm³/mol. The van der Waals surface area contributed by atoms with Gasteiger partial charge in [-0.05, 0) is 45.1 Å². The Morgan fingerprint density at radius 2 is 2.00 bits per heavy atom. The highest BCUT2D eigenvalue weighted by Crippen LogP contribution is 2.32. The van der Waals surface area contributed by atoms with Gasteiger partial charge in [0.25, 0.3) is 0 Å². The summed E-state index contributed by atoms with van der Waals surface area (Å²) in [5, 5.41) is 15.4. The maximum absolute atomic E-state index is 13.0. The summed E-state index contributed by atoms with van der Waals surface area (Å²) < 4.78 is 1.80. The first-order valence-electron chi connectivity index (χ1n) is 8.43. The number of hydrogen-bond donors (Lipinski definition) is 1. The van der Waals surface area contributed by atoms with E-state index >= 15 is 0 Å². The van der Waals surface area contributed by atoms with Gasteiger partial charge in [0.1, 0.15) is 5.56 Å². The quantitative estimate of drug-likeness (QED) is 0.908. The molecule has 7 heteroatoms. The number of nitrogens with zero attached hydrogens (tertiary/aromatic N) is 3. The molecule has 1 fully saturated rings. The first-order chi connectivity index (χ1) is 11.8. The lowest BCUT2D eigenvalue weighted by molar-refractivity contribution is -0.137. The second kappa shape index (κ2) is 6.63.